The fourth-order valence-corrected chi connectivity index (χ4v) is 2.88. The van der Waals surface area contributed by atoms with Crippen LogP contribution in [0, 0.1) is 0 Å². The summed E-state index contributed by atoms with van der Waals surface area (Å²) in [6, 6.07) is 9.35. The monoisotopic (exact) mass is 310 g/mol. The van der Waals surface area contributed by atoms with Gasteiger partial charge in [0.25, 0.3) is 5.91 Å². The molecule has 0 saturated carbocycles. The number of hydrogen-bond donors (Lipinski definition) is 1. The number of nitrogens with zero attached hydrogens (tertiary/aromatic N) is 3. The van der Waals surface area contributed by atoms with Gasteiger partial charge in [-0.3, -0.25) is 9.78 Å². The van der Waals surface area contributed by atoms with Gasteiger partial charge in [-0.1, -0.05) is 18.9 Å². The molecule has 120 valence electrons. The van der Waals surface area contributed by atoms with Gasteiger partial charge < -0.3 is 10.2 Å². The van der Waals surface area contributed by atoms with Crippen molar-refractivity contribution in [1.82, 2.24) is 15.3 Å². The van der Waals surface area contributed by atoms with Crippen molar-refractivity contribution in [3.63, 3.8) is 0 Å². The zero-order valence-electron chi connectivity index (χ0n) is 13.2. The molecule has 2 aromatic rings. The van der Waals surface area contributed by atoms with Crippen molar-refractivity contribution in [1.29, 1.82) is 0 Å². The van der Waals surface area contributed by atoms with Crippen LogP contribution in [0.25, 0.3) is 0 Å². The van der Waals surface area contributed by atoms with Gasteiger partial charge in [0.1, 0.15) is 5.82 Å². The molecule has 0 aliphatic carbocycles. The van der Waals surface area contributed by atoms with Crippen LogP contribution in [-0.2, 0) is 6.54 Å². The van der Waals surface area contributed by atoms with Crippen molar-refractivity contribution in [3.8, 4) is 0 Å². The molecule has 0 atom stereocenters. The van der Waals surface area contributed by atoms with Crippen LogP contribution in [-0.4, -0.2) is 29.0 Å². The van der Waals surface area contributed by atoms with E-state index in [4.69, 9.17) is 0 Å². The highest BCUT2D eigenvalue weighted by Gasteiger charge is 2.18. The fourth-order valence-electron chi connectivity index (χ4n) is 2.88. The van der Waals surface area contributed by atoms with Crippen molar-refractivity contribution in [2.24, 2.45) is 0 Å². The molecule has 3 rings (SSSR count). The first-order valence-electron chi connectivity index (χ1n) is 8.22. The summed E-state index contributed by atoms with van der Waals surface area (Å²) in [6.45, 7) is 2.36. The topological polar surface area (TPSA) is 58.1 Å². The second kappa shape index (κ2) is 7.72. The third kappa shape index (κ3) is 4.06. The lowest BCUT2D eigenvalue weighted by molar-refractivity contribution is 0.0950. The number of carbonyl (C=O) groups excluding carboxylic acids is 1. The number of rotatable bonds is 4. The van der Waals surface area contributed by atoms with E-state index in [1.54, 1.807) is 12.4 Å². The molecule has 1 N–H and O–H groups in total. The number of aromatic nitrogens is 2. The van der Waals surface area contributed by atoms with Gasteiger partial charge in [0.2, 0.25) is 0 Å². The second-order valence-corrected chi connectivity index (χ2v) is 5.78. The van der Waals surface area contributed by atoms with Crippen LogP contribution < -0.4 is 10.2 Å². The highest BCUT2D eigenvalue weighted by Crippen LogP contribution is 2.21. The lowest BCUT2D eigenvalue weighted by Gasteiger charge is -2.23. The van der Waals surface area contributed by atoms with Crippen LogP contribution in [0.2, 0.25) is 0 Å². The molecule has 1 amide bonds. The maximum Gasteiger partial charge on any atom is 0.255 e. The summed E-state index contributed by atoms with van der Waals surface area (Å²) in [5.41, 5.74) is 1.49. The van der Waals surface area contributed by atoms with E-state index in [1.807, 2.05) is 30.3 Å². The Morgan fingerprint density at radius 2 is 1.78 bits per heavy atom. The number of hydrogen-bond acceptors (Lipinski definition) is 4. The molecule has 0 bridgehead atoms. The van der Waals surface area contributed by atoms with E-state index in [0.717, 1.165) is 37.4 Å². The summed E-state index contributed by atoms with van der Waals surface area (Å²) in [4.78, 5) is 23.5. The van der Waals surface area contributed by atoms with Crippen LogP contribution in [0.15, 0.2) is 42.7 Å². The van der Waals surface area contributed by atoms with Gasteiger partial charge in [-0.15, -0.1) is 0 Å². The molecule has 3 heterocycles. The Kier molecular flexibility index (Phi) is 5.19. The van der Waals surface area contributed by atoms with E-state index >= 15 is 0 Å². The van der Waals surface area contributed by atoms with Crippen molar-refractivity contribution < 1.29 is 4.79 Å². The molecular formula is C18H22N4O. The molecule has 2 aromatic heterocycles. The van der Waals surface area contributed by atoms with Crippen molar-refractivity contribution >= 4 is 11.7 Å². The SMILES string of the molecule is O=C(NCc1ccccn1)c1cccnc1N1CCCCCC1. The van der Waals surface area contributed by atoms with Crippen LogP contribution in [0.1, 0.15) is 41.7 Å². The smallest absolute Gasteiger partial charge is 0.255 e. The molecule has 1 saturated heterocycles. The van der Waals surface area contributed by atoms with Crippen LogP contribution >= 0.6 is 0 Å². The van der Waals surface area contributed by atoms with Crippen molar-refractivity contribution in [2.75, 3.05) is 18.0 Å². The number of nitrogens with one attached hydrogen (secondary N) is 1. The minimum Gasteiger partial charge on any atom is -0.356 e. The average Bonchev–Trinajstić information content (AvgIpc) is 2.90. The Hall–Kier alpha value is -2.43. The lowest BCUT2D eigenvalue weighted by Crippen LogP contribution is -2.30. The number of pyridine rings is 2. The van der Waals surface area contributed by atoms with Crippen LogP contribution in [0.5, 0.6) is 0 Å². The van der Waals surface area contributed by atoms with E-state index in [0.29, 0.717) is 12.1 Å². The molecule has 1 aliphatic heterocycles. The third-order valence-electron chi connectivity index (χ3n) is 4.09. The molecule has 1 aliphatic rings. The van der Waals surface area contributed by atoms with Gasteiger partial charge in [-0.05, 0) is 37.1 Å². The van der Waals surface area contributed by atoms with Crippen LogP contribution in [0.4, 0.5) is 5.82 Å². The Bertz CT molecular complexity index is 636. The zero-order chi connectivity index (χ0) is 15.9. The van der Waals surface area contributed by atoms with E-state index in [2.05, 4.69) is 20.2 Å². The Morgan fingerprint density at radius 3 is 2.52 bits per heavy atom. The molecular weight excluding hydrogens is 288 g/mol. The molecule has 5 nitrogen and oxygen atoms in total. The first kappa shape index (κ1) is 15.5. The van der Waals surface area contributed by atoms with Gasteiger partial charge in [-0.25, -0.2) is 4.98 Å². The molecule has 1 fully saturated rings. The highest BCUT2D eigenvalue weighted by atomic mass is 16.1. The molecule has 0 radical (unpaired) electrons. The average molecular weight is 310 g/mol. The van der Waals surface area contributed by atoms with Gasteiger partial charge in [-0.2, -0.15) is 0 Å². The second-order valence-electron chi connectivity index (χ2n) is 5.78. The number of carbonyl (C=O) groups is 1. The first-order valence-corrected chi connectivity index (χ1v) is 8.22. The van der Waals surface area contributed by atoms with E-state index in [9.17, 15) is 4.79 Å². The molecule has 5 heteroatoms. The first-order chi connectivity index (χ1) is 11.3. The summed E-state index contributed by atoms with van der Waals surface area (Å²) in [5.74, 6) is 0.705. The third-order valence-corrected chi connectivity index (χ3v) is 4.09. The largest absolute Gasteiger partial charge is 0.356 e. The minimum atomic E-state index is -0.0944. The molecule has 23 heavy (non-hydrogen) atoms. The predicted molar refractivity (Wildman–Crippen MR) is 90.3 cm³/mol. The maximum absolute atomic E-state index is 12.6. The minimum absolute atomic E-state index is 0.0944. The number of amides is 1. The molecule has 0 spiro atoms. The fraction of sp³-hybridized carbons (Fsp3) is 0.389. The Labute approximate surface area is 136 Å². The van der Waals surface area contributed by atoms with Gasteiger partial charge in [0.15, 0.2) is 0 Å². The van der Waals surface area contributed by atoms with Gasteiger partial charge in [0.05, 0.1) is 17.8 Å². The highest BCUT2D eigenvalue weighted by molar-refractivity contribution is 5.98. The quantitative estimate of drug-likeness (QED) is 0.943. The zero-order valence-corrected chi connectivity index (χ0v) is 13.2. The van der Waals surface area contributed by atoms with E-state index in [1.165, 1.54) is 12.8 Å². The summed E-state index contributed by atoms with van der Waals surface area (Å²) >= 11 is 0. The van der Waals surface area contributed by atoms with Crippen molar-refractivity contribution in [2.45, 2.75) is 32.2 Å². The van der Waals surface area contributed by atoms with Gasteiger partial charge >= 0.3 is 0 Å². The lowest BCUT2D eigenvalue weighted by atomic mass is 10.2. The summed E-state index contributed by atoms with van der Waals surface area (Å²) in [7, 11) is 0. The summed E-state index contributed by atoms with van der Waals surface area (Å²) in [6.07, 6.45) is 8.32. The summed E-state index contributed by atoms with van der Waals surface area (Å²) in [5, 5.41) is 2.94. The van der Waals surface area contributed by atoms with E-state index in [-0.39, 0.29) is 5.91 Å². The summed E-state index contributed by atoms with van der Waals surface area (Å²) < 4.78 is 0. The number of anilines is 1. The van der Waals surface area contributed by atoms with E-state index < -0.39 is 0 Å². The predicted octanol–water partition coefficient (Wildman–Crippen LogP) is 2.79. The van der Waals surface area contributed by atoms with Crippen LogP contribution in [0.3, 0.4) is 0 Å². The normalized spacial score (nSPS) is 15.0. The van der Waals surface area contributed by atoms with Crippen molar-refractivity contribution in [3.05, 3.63) is 54.0 Å². The molecule has 0 aromatic carbocycles. The van der Waals surface area contributed by atoms with Gasteiger partial charge in [0, 0.05) is 25.5 Å². The Morgan fingerprint density at radius 1 is 1.00 bits per heavy atom. The standard InChI is InChI=1S/C18H22N4O/c23-18(21-14-15-8-3-4-10-19-15)16-9-7-11-20-17(16)22-12-5-1-2-6-13-22/h3-4,7-11H,1-2,5-6,12-14H2,(H,21,23). The Balaban J connectivity index is 1.72. The molecule has 0 unspecified atom stereocenters. The maximum atomic E-state index is 12.6.